The summed E-state index contributed by atoms with van der Waals surface area (Å²) in [6, 6.07) is 6.59. The van der Waals surface area contributed by atoms with Gasteiger partial charge in [0.05, 0.1) is 19.6 Å². The monoisotopic (exact) mass is 378 g/mol. The molecule has 1 aliphatic rings. The third-order valence-corrected chi connectivity index (χ3v) is 4.02. The standard InChI is InChI=1S/C19H26N2O6/c1-2-25-15-7-9-16(10-8-15)26-12-11-18(23)27-13-17(22)21-19(24)20-14-5-3-4-6-14/h7-10,14H,2-6,11-13H2,1H3,(H2,20,21,22,24). The Kier molecular flexibility index (Phi) is 8.41. The van der Waals surface area contributed by atoms with Gasteiger partial charge in [-0.1, -0.05) is 12.8 Å². The third kappa shape index (κ3) is 7.98. The second kappa shape index (κ2) is 11.1. The molecule has 0 spiro atoms. The Balaban J connectivity index is 1.56. The Bertz CT molecular complexity index is 626. The first-order valence-electron chi connectivity index (χ1n) is 9.18. The van der Waals surface area contributed by atoms with Gasteiger partial charge in [-0.25, -0.2) is 4.79 Å². The predicted octanol–water partition coefficient (Wildman–Crippen LogP) is 2.17. The number of amides is 3. The summed E-state index contributed by atoms with van der Waals surface area (Å²) in [5.41, 5.74) is 0. The number of nitrogens with one attached hydrogen (secondary N) is 2. The highest BCUT2D eigenvalue weighted by Gasteiger charge is 2.18. The molecule has 8 heteroatoms. The SMILES string of the molecule is CCOc1ccc(OCCC(=O)OCC(=O)NC(=O)NC2CCCC2)cc1. The van der Waals surface area contributed by atoms with Gasteiger partial charge in [-0.3, -0.25) is 14.9 Å². The molecule has 0 heterocycles. The molecule has 0 bridgehead atoms. The average Bonchev–Trinajstić information content (AvgIpc) is 3.14. The first kappa shape index (κ1) is 20.5. The number of hydrogen-bond acceptors (Lipinski definition) is 6. The maximum absolute atomic E-state index is 11.6. The van der Waals surface area contributed by atoms with Crippen molar-refractivity contribution in [2.75, 3.05) is 19.8 Å². The van der Waals surface area contributed by atoms with Gasteiger partial charge in [-0.15, -0.1) is 0 Å². The van der Waals surface area contributed by atoms with Crippen LogP contribution in [0.25, 0.3) is 0 Å². The molecule has 1 aromatic rings. The van der Waals surface area contributed by atoms with Gasteiger partial charge in [-0.05, 0) is 44.0 Å². The zero-order valence-electron chi connectivity index (χ0n) is 15.5. The van der Waals surface area contributed by atoms with Crippen molar-refractivity contribution in [3.8, 4) is 11.5 Å². The zero-order valence-corrected chi connectivity index (χ0v) is 15.5. The van der Waals surface area contributed by atoms with Crippen molar-refractivity contribution in [3.63, 3.8) is 0 Å². The lowest BCUT2D eigenvalue weighted by molar-refractivity contribution is -0.148. The summed E-state index contributed by atoms with van der Waals surface area (Å²) in [6.45, 7) is 2.11. The molecule has 8 nitrogen and oxygen atoms in total. The second-order valence-electron chi connectivity index (χ2n) is 6.17. The highest BCUT2D eigenvalue weighted by atomic mass is 16.5. The molecule has 0 atom stereocenters. The van der Waals surface area contributed by atoms with Crippen molar-refractivity contribution in [1.29, 1.82) is 0 Å². The smallest absolute Gasteiger partial charge is 0.321 e. The van der Waals surface area contributed by atoms with E-state index in [1.807, 2.05) is 6.92 Å². The van der Waals surface area contributed by atoms with Gasteiger partial charge in [0.15, 0.2) is 6.61 Å². The summed E-state index contributed by atoms with van der Waals surface area (Å²) in [7, 11) is 0. The van der Waals surface area contributed by atoms with Crippen molar-refractivity contribution in [3.05, 3.63) is 24.3 Å². The van der Waals surface area contributed by atoms with E-state index in [1.165, 1.54) is 0 Å². The maximum atomic E-state index is 11.6. The van der Waals surface area contributed by atoms with Crippen LogP contribution in [0, 0.1) is 0 Å². The molecule has 0 aromatic heterocycles. The van der Waals surface area contributed by atoms with E-state index in [4.69, 9.17) is 14.2 Å². The summed E-state index contributed by atoms with van der Waals surface area (Å²) >= 11 is 0. The number of carbonyl (C=O) groups excluding carboxylic acids is 3. The van der Waals surface area contributed by atoms with Gasteiger partial charge in [0.25, 0.3) is 5.91 Å². The molecule has 27 heavy (non-hydrogen) atoms. The van der Waals surface area contributed by atoms with Gasteiger partial charge >= 0.3 is 12.0 Å². The maximum Gasteiger partial charge on any atom is 0.321 e. The number of esters is 1. The second-order valence-corrected chi connectivity index (χ2v) is 6.17. The van der Waals surface area contributed by atoms with Crippen LogP contribution < -0.4 is 20.1 Å². The van der Waals surface area contributed by atoms with Crippen LogP contribution in [-0.2, 0) is 14.3 Å². The molecule has 1 fully saturated rings. The van der Waals surface area contributed by atoms with E-state index in [1.54, 1.807) is 24.3 Å². The summed E-state index contributed by atoms with van der Waals surface area (Å²) < 4.78 is 15.6. The summed E-state index contributed by atoms with van der Waals surface area (Å²) in [5.74, 6) is 0.110. The van der Waals surface area contributed by atoms with Crippen LogP contribution in [0.15, 0.2) is 24.3 Å². The summed E-state index contributed by atoms with van der Waals surface area (Å²) in [5, 5.41) is 4.87. The van der Waals surface area contributed by atoms with Crippen LogP contribution in [-0.4, -0.2) is 43.8 Å². The number of carbonyl (C=O) groups is 3. The first-order valence-corrected chi connectivity index (χ1v) is 9.18. The Morgan fingerprint density at radius 1 is 1.04 bits per heavy atom. The fraction of sp³-hybridized carbons (Fsp3) is 0.526. The number of ether oxygens (including phenoxy) is 3. The van der Waals surface area contributed by atoms with E-state index in [2.05, 4.69) is 10.6 Å². The normalized spacial score (nSPS) is 13.7. The van der Waals surface area contributed by atoms with Gasteiger partial charge in [0.1, 0.15) is 11.5 Å². The predicted molar refractivity (Wildman–Crippen MR) is 97.6 cm³/mol. The van der Waals surface area contributed by atoms with Crippen molar-refractivity contribution >= 4 is 17.9 Å². The van der Waals surface area contributed by atoms with Gasteiger partial charge in [-0.2, -0.15) is 0 Å². The van der Waals surface area contributed by atoms with Crippen molar-refractivity contribution < 1.29 is 28.6 Å². The van der Waals surface area contributed by atoms with E-state index in [9.17, 15) is 14.4 Å². The third-order valence-electron chi connectivity index (χ3n) is 4.02. The molecule has 0 aliphatic heterocycles. The fourth-order valence-electron chi connectivity index (χ4n) is 2.72. The first-order chi connectivity index (χ1) is 13.1. The Morgan fingerprint density at radius 3 is 2.30 bits per heavy atom. The quantitative estimate of drug-likeness (QED) is 0.639. The highest BCUT2D eigenvalue weighted by molar-refractivity contribution is 5.95. The molecule has 0 radical (unpaired) electrons. The molecule has 148 valence electrons. The number of urea groups is 1. The number of imide groups is 1. The fourth-order valence-corrected chi connectivity index (χ4v) is 2.72. The number of hydrogen-bond donors (Lipinski definition) is 2. The minimum atomic E-state index is -0.661. The molecule has 0 saturated heterocycles. The summed E-state index contributed by atoms with van der Waals surface area (Å²) in [6.07, 6.45) is 4.00. The molecule has 2 rings (SSSR count). The highest BCUT2D eigenvalue weighted by Crippen LogP contribution is 2.18. The van der Waals surface area contributed by atoms with Crippen LogP contribution in [0.1, 0.15) is 39.0 Å². The van der Waals surface area contributed by atoms with Crippen LogP contribution in [0.4, 0.5) is 4.79 Å². The van der Waals surface area contributed by atoms with Crippen LogP contribution in [0.2, 0.25) is 0 Å². The van der Waals surface area contributed by atoms with E-state index < -0.39 is 24.5 Å². The Labute approximate surface area is 158 Å². The van der Waals surface area contributed by atoms with Crippen molar-refractivity contribution in [2.24, 2.45) is 0 Å². The molecule has 1 saturated carbocycles. The molecule has 3 amide bonds. The number of benzene rings is 1. The van der Waals surface area contributed by atoms with Crippen molar-refractivity contribution in [2.45, 2.75) is 45.1 Å². The minimum Gasteiger partial charge on any atom is -0.494 e. The molecular formula is C19H26N2O6. The lowest BCUT2D eigenvalue weighted by atomic mass is 10.2. The molecule has 0 unspecified atom stereocenters. The average molecular weight is 378 g/mol. The van der Waals surface area contributed by atoms with Gasteiger partial charge in [0.2, 0.25) is 0 Å². The lowest BCUT2D eigenvalue weighted by Crippen LogP contribution is -2.45. The lowest BCUT2D eigenvalue weighted by Gasteiger charge is -2.12. The minimum absolute atomic E-state index is 0.00520. The van der Waals surface area contributed by atoms with Gasteiger partial charge in [0, 0.05) is 6.04 Å². The van der Waals surface area contributed by atoms with Crippen LogP contribution >= 0.6 is 0 Å². The van der Waals surface area contributed by atoms with Crippen LogP contribution in [0.5, 0.6) is 11.5 Å². The number of rotatable bonds is 9. The molecular weight excluding hydrogens is 352 g/mol. The molecule has 2 N–H and O–H groups in total. The van der Waals surface area contributed by atoms with Crippen LogP contribution in [0.3, 0.4) is 0 Å². The molecule has 1 aliphatic carbocycles. The summed E-state index contributed by atoms with van der Waals surface area (Å²) in [4.78, 5) is 34.9. The van der Waals surface area contributed by atoms with E-state index in [-0.39, 0.29) is 19.1 Å². The largest absolute Gasteiger partial charge is 0.494 e. The van der Waals surface area contributed by atoms with Gasteiger partial charge < -0.3 is 19.5 Å². The van der Waals surface area contributed by atoms with Crippen molar-refractivity contribution in [1.82, 2.24) is 10.6 Å². The van der Waals surface area contributed by atoms with E-state index >= 15 is 0 Å². The molecule has 1 aromatic carbocycles. The zero-order chi connectivity index (χ0) is 19.5. The topological polar surface area (TPSA) is 103 Å². The van der Waals surface area contributed by atoms with E-state index in [0.29, 0.717) is 12.4 Å². The Morgan fingerprint density at radius 2 is 1.67 bits per heavy atom. The Hall–Kier alpha value is -2.77. The van der Waals surface area contributed by atoms with E-state index in [0.717, 1.165) is 31.4 Å².